The summed E-state index contributed by atoms with van der Waals surface area (Å²) in [6, 6.07) is 13.4. The fourth-order valence-corrected chi connectivity index (χ4v) is 3.46. The van der Waals surface area contributed by atoms with Gasteiger partial charge in [0, 0.05) is 18.0 Å². The van der Waals surface area contributed by atoms with E-state index in [9.17, 15) is 9.90 Å². The largest absolute Gasteiger partial charge is 0.507 e. The number of carbonyl (C=O) groups is 1. The zero-order valence-electron chi connectivity index (χ0n) is 15.7. The highest BCUT2D eigenvalue weighted by Gasteiger charge is 2.27. The summed E-state index contributed by atoms with van der Waals surface area (Å²) in [6.07, 6.45) is 0. The highest BCUT2D eigenvalue weighted by atomic mass is 16.5. The molecule has 0 fully saturated rings. The molecule has 136 valence electrons. The third kappa shape index (κ3) is 3.06. The number of nitrogens with one attached hydrogen (secondary N) is 1. The van der Waals surface area contributed by atoms with Gasteiger partial charge in [-0.2, -0.15) is 0 Å². The van der Waals surface area contributed by atoms with E-state index in [1.165, 1.54) is 0 Å². The highest BCUT2D eigenvalue weighted by molar-refractivity contribution is 6.12. The molecule has 2 N–H and O–H groups in total. The molecule has 1 aromatic heterocycles. The Labute approximate surface area is 153 Å². The van der Waals surface area contributed by atoms with E-state index < -0.39 is 0 Å². The van der Waals surface area contributed by atoms with Gasteiger partial charge in [0.2, 0.25) is 0 Å². The Hall–Kier alpha value is -2.79. The summed E-state index contributed by atoms with van der Waals surface area (Å²) in [6.45, 7) is 2.71. The first kappa shape index (κ1) is 18.0. The van der Waals surface area contributed by atoms with Crippen LogP contribution in [0.2, 0.25) is 0 Å². The van der Waals surface area contributed by atoms with Crippen molar-refractivity contribution in [2.24, 2.45) is 7.05 Å². The number of hydrogen-bond donors (Lipinski definition) is 2. The number of aromatic hydroxyl groups is 1. The number of aromatic nitrogens is 1. The normalized spacial score (nSPS) is 11.3. The molecule has 0 aliphatic heterocycles. The van der Waals surface area contributed by atoms with Gasteiger partial charge in [-0.25, -0.2) is 4.79 Å². The standard InChI is InChI=1S/C21H24N2O3/c1-5-26-21(25)19-18-15(13-22(2)3)17(24)12-11-16(18)23(4)20(19)14-9-7-6-8-10-14/h6-12,24H,5,13H2,1-4H3/p+1. The van der Waals surface area contributed by atoms with Crippen LogP contribution >= 0.6 is 0 Å². The topological polar surface area (TPSA) is 55.9 Å². The van der Waals surface area contributed by atoms with Gasteiger partial charge < -0.3 is 19.3 Å². The van der Waals surface area contributed by atoms with Gasteiger partial charge in [-0.05, 0) is 24.6 Å². The first-order chi connectivity index (χ1) is 12.5. The lowest BCUT2D eigenvalue weighted by Gasteiger charge is -2.12. The lowest BCUT2D eigenvalue weighted by Crippen LogP contribution is -3.04. The van der Waals surface area contributed by atoms with Crippen LogP contribution in [0.1, 0.15) is 22.8 Å². The van der Waals surface area contributed by atoms with E-state index >= 15 is 0 Å². The second kappa shape index (κ2) is 7.22. The summed E-state index contributed by atoms with van der Waals surface area (Å²) >= 11 is 0. The van der Waals surface area contributed by atoms with E-state index in [2.05, 4.69) is 0 Å². The molecule has 2 aromatic carbocycles. The molecule has 0 atom stereocenters. The maximum atomic E-state index is 12.9. The molecule has 0 amide bonds. The predicted molar refractivity (Wildman–Crippen MR) is 102 cm³/mol. The van der Waals surface area contributed by atoms with E-state index in [1.807, 2.05) is 62.1 Å². The molecule has 0 aliphatic carbocycles. The maximum Gasteiger partial charge on any atom is 0.340 e. The van der Waals surface area contributed by atoms with Crippen LogP contribution in [0, 0.1) is 0 Å². The Morgan fingerprint density at radius 1 is 1.15 bits per heavy atom. The van der Waals surface area contributed by atoms with Crippen molar-refractivity contribution in [2.45, 2.75) is 13.5 Å². The summed E-state index contributed by atoms with van der Waals surface area (Å²) in [4.78, 5) is 14.1. The number of nitrogens with zero attached hydrogens (tertiary/aromatic N) is 1. The fourth-order valence-electron chi connectivity index (χ4n) is 3.46. The molecule has 3 aromatic rings. The minimum absolute atomic E-state index is 0.203. The molecule has 0 saturated carbocycles. The number of esters is 1. The lowest BCUT2D eigenvalue weighted by atomic mass is 10.0. The monoisotopic (exact) mass is 353 g/mol. The van der Waals surface area contributed by atoms with E-state index in [0.717, 1.165) is 32.6 Å². The number of phenols is 1. The van der Waals surface area contributed by atoms with E-state index in [0.29, 0.717) is 18.7 Å². The number of aryl methyl sites for hydroxylation is 1. The van der Waals surface area contributed by atoms with Crippen molar-refractivity contribution in [3.05, 3.63) is 53.6 Å². The predicted octanol–water partition coefficient (Wildman–Crippen LogP) is 2.37. The Morgan fingerprint density at radius 3 is 2.46 bits per heavy atom. The van der Waals surface area contributed by atoms with Gasteiger partial charge in [-0.15, -0.1) is 0 Å². The third-order valence-corrected chi connectivity index (χ3v) is 4.51. The second-order valence-corrected chi connectivity index (χ2v) is 6.71. The van der Waals surface area contributed by atoms with Crippen LogP contribution in [0.3, 0.4) is 0 Å². The number of benzene rings is 2. The van der Waals surface area contributed by atoms with Crippen LogP contribution in [0.5, 0.6) is 5.75 Å². The molecule has 26 heavy (non-hydrogen) atoms. The fraction of sp³-hybridized carbons (Fsp3) is 0.286. The molecular formula is C21H25N2O3+. The Morgan fingerprint density at radius 2 is 1.85 bits per heavy atom. The molecule has 3 rings (SSSR count). The van der Waals surface area contributed by atoms with Crippen LogP contribution in [0.25, 0.3) is 22.2 Å². The molecule has 5 heteroatoms. The Balaban J connectivity index is 2.42. The van der Waals surface area contributed by atoms with Crippen LogP contribution in [0.15, 0.2) is 42.5 Å². The summed E-state index contributed by atoms with van der Waals surface area (Å²) in [5.41, 5.74) is 3.93. The number of carbonyl (C=O) groups excluding carboxylic acids is 1. The zero-order valence-corrected chi connectivity index (χ0v) is 15.7. The van der Waals surface area contributed by atoms with E-state index in [1.54, 1.807) is 13.0 Å². The number of fused-ring (bicyclic) bond motifs is 1. The molecule has 0 bridgehead atoms. The summed E-state index contributed by atoms with van der Waals surface area (Å²) in [5.74, 6) is -0.160. The van der Waals surface area contributed by atoms with Gasteiger partial charge in [0.25, 0.3) is 0 Å². The van der Waals surface area contributed by atoms with E-state index in [-0.39, 0.29) is 11.7 Å². The van der Waals surface area contributed by atoms with Crippen molar-refractivity contribution >= 4 is 16.9 Å². The van der Waals surface area contributed by atoms with Crippen molar-refractivity contribution in [2.75, 3.05) is 20.7 Å². The third-order valence-electron chi connectivity index (χ3n) is 4.51. The minimum Gasteiger partial charge on any atom is -0.507 e. The first-order valence-corrected chi connectivity index (χ1v) is 8.80. The van der Waals surface area contributed by atoms with Gasteiger partial charge in [0.15, 0.2) is 0 Å². The maximum absolute atomic E-state index is 12.9. The second-order valence-electron chi connectivity index (χ2n) is 6.71. The van der Waals surface area contributed by atoms with Gasteiger partial charge in [-0.3, -0.25) is 0 Å². The number of hydrogen-bond acceptors (Lipinski definition) is 3. The number of ether oxygens (including phenoxy) is 1. The van der Waals surface area contributed by atoms with Gasteiger partial charge >= 0.3 is 5.97 Å². The quantitative estimate of drug-likeness (QED) is 0.693. The van der Waals surface area contributed by atoms with Crippen LogP contribution < -0.4 is 4.90 Å². The number of quaternary nitrogens is 1. The zero-order chi connectivity index (χ0) is 18.8. The van der Waals surface area contributed by atoms with E-state index in [4.69, 9.17) is 4.74 Å². The first-order valence-electron chi connectivity index (χ1n) is 8.80. The van der Waals surface area contributed by atoms with Crippen molar-refractivity contribution in [1.82, 2.24) is 4.57 Å². The minimum atomic E-state index is -0.363. The molecule has 0 unspecified atom stereocenters. The molecule has 0 aliphatic rings. The molecular weight excluding hydrogens is 328 g/mol. The molecule has 0 saturated heterocycles. The van der Waals surface area contributed by atoms with Gasteiger partial charge in [0.1, 0.15) is 12.3 Å². The lowest BCUT2D eigenvalue weighted by molar-refractivity contribution is -0.872. The van der Waals surface area contributed by atoms with Crippen molar-refractivity contribution < 1.29 is 19.5 Å². The Bertz CT molecular complexity index is 943. The highest BCUT2D eigenvalue weighted by Crippen LogP contribution is 2.38. The average Bonchev–Trinajstić information content (AvgIpc) is 2.91. The molecule has 5 nitrogen and oxygen atoms in total. The number of phenolic OH excluding ortho intramolecular Hbond substituents is 1. The summed E-state index contributed by atoms with van der Waals surface area (Å²) in [7, 11) is 5.98. The SMILES string of the molecule is CCOC(=O)c1c(-c2ccccc2)n(C)c2ccc(O)c(C[NH+](C)C)c12. The van der Waals surface area contributed by atoms with Crippen molar-refractivity contribution in [3.63, 3.8) is 0 Å². The average molecular weight is 353 g/mol. The van der Waals surface area contributed by atoms with Crippen LogP contribution in [-0.4, -0.2) is 36.3 Å². The summed E-state index contributed by atoms with van der Waals surface area (Å²) < 4.78 is 7.38. The molecule has 1 heterocycles. The Kier molecular flexibility index (Phi) is 5.00. The van der Waals surface area contributed by atoms with Crippen molar-refractivity contribution in [1.29, 1.82) is 0 Å². The van der Waals surface area contributed by atoms with Crippen LogP contribution in [0.4, 0.5) is 0 Å². The van der Waals surface area contributed by atoms with Crippen molar-refractivity contribution in [3.8, 4) is 17.0 Å². The van der Waals surface area contributed by atoms with Gasteiger partial charge in [0.05, 0.1) is 37.5 Å². The summed E-state index contributed by atoms with van der Waals surface area (Å²) in [5, 5.41) is 11.3. The smallest absolute Gasteiger partial charge is 0.340 e. The van der Waals surface area contributed by atoms with Gasteiger partial charge in [-0.1, -0.05) is 30.3 Å². The van der Waals surface area contributed by atoms with Crippen LogP contribution in [-0.2, 0) is 18.3 Å². The number of rotatable bonds is 5. The molecule has 0 spiro atoms. The molecule has 0 radical (unpaired) electrons.